The van der Waals surface area contributed by atoms with Crippen molar-refractivity contribution in [1.29, 1.82) is 0 Å². The van der Waals surface area contributed by atoms with Crippen molar-refractivity contribution in [1.82, 2.24) is 14.8 Å². The van der Waals surface area contributed by atoms with Crippen LogP contribution in [0.5, 0.6) is 0 Å². The van der Waals surface area contributed by atoms with Crippen molar-refractivity contribution in [3.8, 4) is 5.69 Å². The van der Waals surface area contributed by atoms with Gasteiger partial charge in [-0.1, -0.05) is 18.2 Å². The van der Waals surface area contributed by atoms with Crippen LogP contribution in [0.4, 0.5) is 24.8 Å². The van der Waals surface area contributed by atoms with Crippen molar-refractivity contribution < 1.29 is 18.0 Å². The van der Waals surface area contributed by atoms with E-state index in [1.54, 1.807) is 12.1 Å². The summed E-state index contributed by atoms with van der Waals surface area (Å²) < 4.78 is 39.2. The van der Waals surface area contributed by atoms with E-state index in [9.17, 15) is 18.0 Å². The molecule has 0 spiro atoms. The fraction of sp³-hybridized carbons (Fsp3) is 0.211. The number of aromatic nitrogens is 3. The summed E-state index contributed by atoms with van der Waals surface area (Å²) >= 11 is 0. The van der Waals surface area contributed by atoms with Gasteiger partial charge in [-0.05, 0) is 37.6 Å². The zero-order chi connectivity index (χ0) is 21.4. The molecule has 2 aromatic heterocycles. The van der Waals surface area contributed by atoms with Gasteiger partial charge in [-0.25, -0.2) is 9.67 Å². The predicted molar refractivity (Wildman–Crippen MR) is 102 cm³/mol. The average Bonchev–Trinajstić information content (AvgIpc) is 3.02. The lowest BCUT2D eigenvalue weighted by Gasteiger charge is -2.23. The number of nitrogens with zero attached hydrogens (tertiary/aromatic N) is 3. The fourth-order valence-electron chi connectivity index (χ4n) is 2.72. The van der Waals surface area contributed by atoms with Gasteiger partial charge in [-0.15, -0.1) is 0 Å². The number of para-hydroxylation sites is 1. The van der Waals surface area contributed by atoms with Gasteiger partial charge in [0.15, 0.2) is 5.69 Å². The van der Waals surface area contributed by atoms with Gasteiger partial charge >= 0.3 is 6.18 Å². The number of carbonyl (C=O) groups is 1. The van der Waals surface area contributed by atoms with E-state index in [4.69, 9.17) is 11.5 Å². The second kappa shape index (κ2) is 7.21. The largest absolute Gasteiger partial charge is 0.417 e. The van der Waals surface area contributed by atoms with Crippen molar-refractivity contribution in [2.45, 2.75) is 25.6 Å². The van der Waals surface area contributed by atoms with Crippen molar-refractivity contribution >= 4 is 17.5 Å². The SMILES string of the molecule is CC(C)(N)c1ccccc1-n1nc(C(=O)Nc2ccc(C(F)(F)F)cn2)cc1N. The van der Waals surface area contributed by atoms with Gasteiger partial charge in [0.05, 0.1) is 11.3 Å². The van der Waals surface area contributed by atoms with Crippen molar-refractivity contribution in [2.24, 2.45) is 5.73 Å². The van der Waals surface area contributed by atoms with E-state index in [0.29, 0.717) is 11.9 Å². The fourth-order valence-corrected chi connectivity index (χ4v) is 2.72. The molecule has 1 aromatic carbocycles. The summed E-state index contributed by atoms with van der Waals surface area (Å²) in [4.78, 5) is 16.1. The Balaban J connectivity index is 1.87. The standard InChI is InChI=1S/C19H19F3N6O/c1-18(2,24)12-5-3-4-6-14(12)28-15(23)9-13(27-28)17(29)26-16-8-7-11(10-25-16)19(20,21)22/h3-10H,23-24H2,1-2H3,(H,25,26,29). The Hall–Kier alpha value is -3.40. The van der Waals surface area contributed by atoms with Crippen LogP contribution in [0.2, 0.25) is 0 Å². The molecule has 10 heteroatoms. The topological polar surface area (TPSA) is 112 Å². The van der Waals surface area contributed by atoms with Gasteiger partial charge in [-0.3, -0.25) is 4.79 Å². The first-order chi connectivity index (χ1) is 13.5. The van der Waals surface area contributed by atoms with E-state index in [2.05, 4.69) is 15.4 Å². The lowest BCUT2D eigenvalue weighted by atomic mass is 9.94. The number of hydrogen-bond donors (Lipinski definition) is 3. The van der Waals surface area contributed by atoms with Gasteiger partial charge in [0.2, 0.25) is 0 Å². The molecule has 1 amide bonds. The molecule has 0 atom stereocenters. The third-order valence-corrected chi connectivity index (χ3v) is 4.13. The molecule has 0 aliphatic heterocycles. The summed E-state index contributed by atoms with van der Waals surface area (Å²) in [6.45, 7) is 3.66. The highest BCUT2D eigenvalue weighted by atomic mass is 19.4. The summed E-state index contributed by atoms with van der Waals surface area (Å²) in [5, 5.41) is 6.62. The molecule has 0 saturated carbocycles. The van der Waals surface area contributed by atoms with Crippen LogP contribution in [0.1, 0.15) is 35.5 Å². The maximum absolute atomic E-state index is 12.6. The second-order valence-electron chi connectivity index (χ2n) is 6.99. The maximum atomic E-state index is 12.6. The van der Waals surface area contributed by atoms with Crippen LogP contribution in [0.15, 0.2) is 48.7 Å². The van der Waals surface area contributed by atoms with Crippen LogP contribution in [0.25, 0.3) is 5.69 Å². The molecule has 0 unspecified atom stereocenters. The Morgan fingerprint density at radius 3 is 2.41 bits per heavy atom. The van der Waals surface area contributed by atoms with E-state index < -0.39 is 23.2 Å². The number of nitrogen functional groups attached to an aromatic ring is 1. The number of anilines is 2. The monoisotopic (exact) mass is 404 g/mol. The Labute approximate surface area is 164 Å². The van der Waals surface area contributed by atoms with E-state index in [1.807, 2.05) is 26.0 Å². The Bertz CT molecular complexity index is 1040. The van der Waals surface area contributed by atoms with E-state index in [1.165, 1.54) is 10.7 Å². The molecule has 0 bridgehead atoms. The van der Waals surface area contributed by atoms with E-state index in [0.717, 1.165) is 17.7 Å². The molecule has 0 aliphatic rings. The molecule has 0 radical (unpaired) electrons. The zero-order valence-electron chi connectivity index (χ0n) is 15.7. The average molecular weight is 404 g/mol. The number of hydrogen-bond acceptors (Lipinski definition) is 5. The molecule has 5 N–H and O–H groups in total. The van der Waals surface area contributed by atoms with Crippen LogP contribution in [-0.4, -0.2) is 20.7 Å². The van der Waals surface area contributed by atoms with Gasteiger partial charge < -0.3 is 16.8 Å². The minimum atomic E-state index is -4.51. The highest BCUT2D eigenvalue weighted by Gasteiger charge is 2.30. The smallest absolute Gasteiger partial charge is 0.384 e. The molecule has 3 rings (SSSR count). The Morgan fingerprint density at radius 1 is 1.14 bits per heavy atom. The van der Waals surface area contributed by atoms with Crippen LogP contribution in [0.3, 0.4) is 0 Å². The molecule has 152 valence electrons. The Kier molecular flexibility index (Phi) is 5.05. The molecular formula is C19H19F3N6O. The third kappa shape index (κ3) is 4.37. The summed E-state index contributed by atoms with van der Waals surface area (Å²) in [5.41, 5.74) is 12.0. The molecule has 0 fully saturated rings. The van der Waals surface area contributed by atoms with Crippen LogP contribution >= 0.6 is 0 Å². The first-order valence-electron chi connectivity index (χ1n) is 8.56. The lowest BCUT2D eigenvalue weighted by molar-refractivity contribution is -0.137. The number of nitrogens with one attached hydrogen (secondary N) is 1. The second-order valence-corrected chi connectivity index (χ2v) is 6.99. The maximum Gasteiger partial charge on any atom is 0.417 e. The van der Waals surface area contributed by atoms with Gasteiger partial charge in [0.1, 0.15) is 11.6 Å². The molecule has 7 nitrogen and oxygen atoms in total. The number of benzene rings is 1. The first kappa shape index (κ1) is 20.3. The van der Waals surface area contributed by atoms with Crippen molar-refractivity contribution in [3.63, 3.8) is 0 Å². The lowest BCUT2D eigenvalue weighted by Crippen LogP contribution is -2.30. The van der Waals surface area contributed by atoms with Gasteiger partial charge in [-0.2, -0.15) is 18.3 Å². The van der Waals surface area contributed by atoms with Gasteiger partial charge in [0, 0.05) is 17.8 Å². The molecular weight excluding hydrogens is 385 g/mol. The summed E-state index contributed by atoms with van der Waals surface area (Å²) in [6, 6.07) is 10.5. The number of amides is 1. The molecule has 2 heterocycles. The van der Waals surface area contributed by atoms with Crippen molar-refractivity contribution in [2.75, 3.05) is 11.1 Å². The predicted octanol–water partition coefficient (Wildman–Crippen LogP) is 3.31. The van der Waals surface area contributed by atoms with Crippen LogP contribution in [-0.2, 0) is 11.7 Å². The number of carbonyl (C=O) groups excluding carboxylic acids is 1. The third-order valence-electron chi connectivity index (χ3n) is 4.13. The minimum absolute atomic E-state index is 0.0196. The number of pyridine rings is 1. The summed E-state index contributed by atoms with van der Waals surface area (Å²) in [5.74, 6) is -0.501. The number of nitrogens with two attached hydrogens (primary N) is 2. The molecule has 29 heavy (non-hydrogen) atoms. The highest BCUT2D eigenvalue weighted by molar-refractivity contribution is 6.02. The minimum Gasteiger partial charge on any atom is -0.384 e. The first-order valence-corrected chi connectivity index (χ1v) is 8.56. The van der Waals surface area contributed by atoms with Crippen LogP contribution < -0.4 is 16.8 Å². The Morgan fingerprint density at radius 2 is 1.83 bits per heavy atom. The number of halogens is 3. The normalized spacial score (nSPS) is 12.1. The molecule has 3 aromatic rings. The number of rotatable bonds is 4. The zero-order valence-corrected chi connectivity index (χ0v) is 15.7. The summed E-state index contributed by atoms with van der Waals surface area (Å²) in [7, 11) is 0. The van der Waals surface area contributed by atoms with Gasteiger partial charge in [0.25, 0.3) is 5.91 Å². The number of alkyl halides is 3. The molecule has 0 aliphatic carbocycles. The molecule has 0 saturated heterocycles. The van der Waals surface area contributed by atoms with E-state index in [-0.39, 0.29) is 17.3 Å². The quantitative estimate of drug-likeness (QED) is 0.618. The van der Waals surface area contributed by atoms with E-state index >= 15 is 0 Å². The van der Waals surface area contributed by atoms with Crippen LogP contribution in [0, 0.1) is 0 Å². The highest BCUT2D eigenvalue weighted by Crippen LogP contribution is 2.29. The summed E-state index contributed by atoms with van der Waals surface area (Å²) in [6.07, 6.45) is -3.87. The van der Waals surface area contributed by atoms with Crippen molar-refractivity contribution in [3.05, 3.63) is 65.5 Å².